The molecule has 0 unspecified atom stereocenters. The molecule has 0 atom stereocenters. The standard InChI is InChI=1S/C30H31N3O3/c1-21-31-26-17-18-32(19-24-15-10-16-27(35-2)29(24)36-3)20-25(26)30(34)33(21)28(22-11-6-4-7-12-22)23-13-8-5-9-14-23/h4-16,28H,17-20H2,1-3H3. The predicted molar refractivity (Wildman–Crippen MR) is 141 cm³/mol. The quantitative estimate of drug-likeness (QED) is 0.381. The number of nitrogens with zero attached hydrogens (tertiary/aromatic N) is 3. The molecule has 6 nitrogen and oxygen atoms in total. The molecule has 0 amide bonds. The number of hydrogen-bond donors (Lipinski definition) is 0. The summed E-state index contributed by atoms with van der Waals surface area (Å²) in [6.07, 6.45) is 0.736. The van der Waals surface area contributed by atoms with E-state index in [9.17, 15) is 4.79 Å². The van der Waals surface area contributed by atoms with Crippen LogP contribution in [-0.4, -0.2) is 35.2 Å². The summed E-state index contributed by atoms with van der Waals surface area (Å²) in [6, 6.07) is 26.0. The zero-order valence-electron chi connectivity index (χ0n) is 21.0. The van der Waals surface area contributed by atoms with Crippen molar-refractivity contribution in [2.45, 2.75) is 32.5 Å². The van der Waals surface area contributed by atoms with Crippen molar-refractivity contribution >= 4 is 0 Å². The minimum atomic E-state index is -0.244. The molecule has 0 aliphatic carbocycles. The van der Waals surface area contributed by atoms with Gasteiger partial charge in [-0.2, -0.15) is 0 Å². The monoisotopic (exact) mass is 481 g/mol. The molecule has 0 N–H and O–H groups in total. The van der Waals surface area contributed by atoms with Gasteiger partial charge in [0, 0.05) is 31.6 Å². The minimum Gasteiger partial charge on any atom is -0.493 e. The molecule has 1 aromatic heterocycles. The third-order valence-corrected chi connectivity index (χ3v) is 6.88. The maximum absolute atomic E-state index is 14.1. The first-order chi connectivity index (χ1) is 17.6. The average Bonchev–Trinajstić information content (AvgIpc) is 2.92. The zero-order chi connectivity index (χ0) is 25.1. The van der Waals surface area contributed by atoms with Crippen LogP contribution in [0.1, 0.15) is 39.8 Å². The Balaban J connectivity index is 1.54. The van der Waals surface area contributed by atoms with Gasteiger partial charge in [0.25, 0.3) is 5.56 Å². The average molecular weight is 482 g/mol. The molecule has 0 saturated heterocycles. The van der Waals surface area contributed by atoms with Crippen LogP contribution in [0.25, 0.3) is 0 Å². The predicted octanol–water partition coefficient (Wildman–Crippen LogP) is 4.76. The second-order valence-electron chi connectivity index (χ2n) is 9.10. The van der Waals surface area contributed by atoms with Crippen LogP contribution < -0.4 is 15.0 Å². The molecule has 1 aliphatic rings. The molecule has 3 aromatic carbocycles. The van der Waals surface area contributed by atoms with Crippen LogP contribution in [-0.2, 0) is 19.5 Å². The van der Waals surface area contributed by atoms with Crippen LogP contribution in [0.3, 0.4) is 0 Å². The SMILES string of the molecule is COc1cccc(CN2CCc3nc(C)n(C(c4ccccc4)c4ccccc4)c(=O)c3C2)c1OC. The van der Waals surface area contributed by atoms with Gasteiger partial charge in [-0.15, -0.1) is 0 Å². The van der Waals surface area contributed by atoms with Gasteiger partial charge in [0.2, 0.25) is 0 Å². The topological polar surface area (TPSA) is 56.6 Å². The molecule has 0 fully saturated rings. The first-order valence-corrected chi connectivity index (χ1v) is 12.2. The van der Waals surface area contributed by atoms with E-state index in [4.69, 9.17) is 14.5 Å². The van der Waals surface area contributed by atoms with Gasteiger partial charge in [-0.1, -0.05) is 72.8 Å². The van der Waals surface area contributed by atoms with E-state index in [1.165, 1.54) is 0 Å². The third-order valence-electron chi connectivity index (χ3n) is 6.88. The Morgan fingerprint density at radius 2 is 1.56 bits per heavy atom. The van der Waals surface area contributed by atoms with E-state index in [1.807, 2.05) is 66.1 Å². The molecule has 4 aromatic rings. The van der Waals surface area contributed by atoms with Crippen LogP contribution in [0.15, 0.2) is 83.7 Å². The Hall–Kier alpha value is -3.90. The van der Waals surface area contributed by atoms with Crippen LogP contribution in [0.5, 0.6) is 11.5 Å². The van der Waals surface area contributed by atoms with Crippen molar-refractivity contribution in [3.05, 3.63) is 123 Å². The van der Waals surface area contributed by atoms with Crippen LogP contribution in [0.2, 0.25) is 0 Å². The van der Waals surface area contributed by atoms with Crippen molar-refractivity contribution in [2.75, 3.05) is 20.8 Å². The molecule has 0 saturated carbocycles. The number of benzene rings is 3. The summed E-state index contributed by atoms with van der Waals surface area (Å²) in [5.41, 5.74) is 4.85. The number of rotatable bonds is 7. The normalized spacial score (nSPS) is 13.4. The molecule has 6 heteroatoms. The number of methoxy groups -OCH3 is 2. The van der Waals surface area contributed by atoms with E-state index in [-0.39, 0.29) is 11.6 Å². The van der Waals surface area contributed by atoms with Gasteiger partial charge < -0.3 is 9.47 Å². The van der Waals surface area contributed by atoms with E-state index in [1.54, 1.807) is 14.2 Å². The lowest BCUT2D eigenvalue weighted by Crippen LogP contribution is -2.40. The molecule has 1 aliphatic heterocycles. The minimum absolute atomic E-state index is 0.0255. The van der Waals surface area contributed by atoms with E-state index in [2.05, 4.69) is 29.2 Å². The van der Waals surface area contributed by atoms with Crippen LogP contribution in [0.4, 0.5) is 0 Å². The smallest absolute Gasteiger partial charge is 0.259 e. The lowest BCUT2D eigenvalue weighted by molar-refractivity contribution is 0.235. The highest BCUT2D eigenvalue weighted by Crippen LogP contribution is 2.33. The summed E-state index contributed by atoms with van der Waals surface area (Å²) >= 11 is 0. The van der Waals surface area contributed by atoms with Crippen molar-refractivity contribution in [1.82, 2.24) is 14.5 Å². The van der Waals surface area contributed by atoms with Crippen LogP contribution in [0, 0.1) is 6.92 Å². The van der Waals surface area contributed by atoms with Crippen molar-refractivity contribution in [1.29, 1.82) is 0 Å². The molecule has 36 heavy (non-hydrogen) atoms. The maximum atomic E-state index is 14.1. The van der Waals surface area contributed by atoms with Gasteiger partial charge in [-0.05, 0) is 24.1 Å². The lowest BCUT2D eigenvalue weighted by Gasteiger charge is -2.31. The van der Waals surface area contributed by atoms with Crippen molar-refractivity contribution < 1.29 is 9.47 Å². The van der Waals surface area contributed by atoms with Gasteiger partial charge in [0.1, 0.15) is 5.82 Å². The Labute approximate surface area is 211 Å². The number of fused-ring (bicyclic) bond motifs is 1. The molecule has 0 spiro atoms. The molecule has 0 bridgehead atoms. The van der Waals surface area contributed by atoms with Gasteiger partial charge in [-0.3, -0.25) is 14.3 Å². The fraction of sp³-hybridized carbons (Fsp3) is 0.267. The zero-order valence-corrected chi connectivity index (χ0v) is 21.0. The fourth-order valence-corrected chi connectivity index (χ4v) is 5.18. The largest absolute Gasteiger partial charge is 0.493 e. The first kappa shape index (κ1) is 23.8. The Morgan fingerprint density at radius 1 is 0.889 bits per heavy atom. The lowest BCUT2D eigenvalue weighted by atomic mass is 9.97. The number of hydrogen-bond acceptors (Lipinski definition) is 5. The van der Waals surface area contributed by atoms with E-state index in [0.717, 1.165) is 52.5 Å². The van der Waals surface area contributed by atoms with E-state index < -0.39 is 0 Å². The highest BCUT2D eigenvalue weighted by Gasteiger charge is 2.27. The Bertz CT molecular complexity index is 1360. The summed E-state index contributed by atoms with van der Waals surface area (Å²) in [5, 5.41) is 0. The van der Waals surface area contributed by atoms with Crippen LogP contribution >= 0.6 is 0 Å². The molecular formula is C30H31N3O3. The molecule has 5 rings (SSSR count). The van der Waals surface area contributed by atoms with Crippen molar-refractivity contribution in [3.63, 3.8) is 0 Å². The maximum Gasteiger partial charge on any atom is 0.259 e. The molecule has 0 radical (unpaired) electrons. The Kier molecular flexibility index (Phi) is 6.87. The first-order valence-electron chi connectivity index (χ1n) is 12.2. The van der Waals surface area contributed by atoms with Crippen molar-refractivity contribution in [2.24, 2.45) is 0 Å². The van der Waals surface area contributed by atoms with E-state index in [0.29, 0.717) is 18.8 Å². The van der Waals surface area contributed by atoms with Gasteiger partial charge in [-0.25, -0.2) is 4.98 Å². The summed E-state index contributed by atoms with van der Waals surface area (Å²) < 4.78 is 13.0. The van der Waals surface area contributed by atoms with Gasteiger partial charge >= 0.3 is 0 Å². The summed E-state index contributed by atoms with van der Waals surface area (Å²) in [6.45, 7) is 3.96. The van der Waals surface area contributed by atoms with Gasteiger partial charge in [0.15, 0.2) is 11.5 Å². The van der Waals surface area contributed by atoms with Gasteiger partial charge in [0.05, 0.1) is 31.5 Å². The molecule has 2 heterocycles. The highest BCUT2D eigenvalue weighted by molar-refractivity contribution is 5.46. The summed E-state index contributed by atoms with van der Waals surface area (Å²) in [5.74, 6) is 2.18. The number of ether oxygens (including phenoxy) is 2. The summed E-state index contributed by atoms with van der Waals surface area (Å²) in [4.78, 5) is 21.3. The second kappa shape index (κ2) is 10.4. The second-order valence-corrected chi connectivity index (χ2v) is 9.10. The number of aryl methyl sites for hydroxylation is 1. The third kappa shape index (κ3) is 4.52. The van der Waals surface area contributed by atoms with Crippen molar-refractivity contribution in [3.8, 4) is 11.5 Å². The fourth-order valence-electron chi connectivity index (χ4n) is 5.18. The molecular weight excluding hydrogens is 450 g/mol. The van der Waals surface area contributed by atoms with E-state index >= 15 is 0 Å². The molecule has 184 valence electrons. The Morgan fingerprint density at radius 3 is 2.17 bits per heavy atom. The summed E-state index contributed by atoms with van der Waals surface area (Å²) in [7, 11) is 3.30. The number of aromatic nitrogens is 2. The highest BCUT2D eigenvalue weighted by atomic mass is 16.5. The number of para-hydroxylation sites is 1.